The number of nitrogens with one attached hydrogen (secondary N) is 1. The first-order chi connectivity index (χ1) is 11.7. The van der Waals surface area contributed by atoms with Crippen LogP contribution in [0.25, 0.3) is 0 Å². The molecule has 136 valence electrons. The van der Waals surface area contributed by atoms with Crippen molar-refractivity contribution in [2.45, 2.75) is 18.7 Å². The number of methoxy groups -OCH3 is 1. The monoisotopic (exact) mass is 388 g/mol. The van der Waals surface area contributed by atoms with Crippen LogP contribution in [0.5, 0.6) is 5.75 Å². The summed E-state index contributed by atoms with van der Waals surface area (Å²) in [4.78, 5) is 15.9. The molecule has 0 atom stereocenters. The molecule has 8 nitrogen and oxygen atoms in total. The van der Waals surface area contributed by atoms with Gasteiger partial charge in [-0.15, -0.1) is 0 Å². The average Bonchev–Trinajstić information content (AvgIpc) is 2.87. The number of carbonyl (C=O) groups is 1. The molecule has 1 N–H and O–H groups in total. The lowest BCUT2D eigenvalue weighted by Crippen LogP contribution is -2.31. The number of hydrogen-bond donors (Lipinski definition) is 1. The number of sulfonamides is 1. The number of aromatic nitrogens is 1. The van der Waals surface area contributed by atoms with E-state index in [9.17, 15) is 13.2 Å². The van der Waals surface area contributed by atoms with Gasteiger partial charge in [0, 0.05) is 19.1 Å². The summed E-state index contributed by atoms with van der Waals surface area (Å²) in [5.41, 5.74) is 0.285. The smallest absolute Gasteiger partial charge is 0.302 e. The second kappa shape index (κ2) is 7.85. The topological polar surface area (TPSA) is 108 Å². The van der Waals surface area contributed by atoms with Gasteiger partial charge in [0.1, 0.15) is 17.3 Å². The highest BCUT2D eigenvalue weighted by atomic mass is 35.5. The van der Waals surface area contributed by atoms with Crippen molar-refractivity contribution in [3.05, 3.63) is 40.6 Å². The van der Waals surface area contributed by atoms with Crippen molar-refractivity contribution >= 4 is 27.5 Å². The molecule has 0 saturated carbocycles. The Labute approximate surface area is 150 Å². The number of halogens is 1. The zero-order valence-corrected chi connectivity index (χ0v) is 15.4. The average molecular weight is 389 g/mol. The zero-order valence-electron chi connectivity index (χ0n) is 13.8. The van der Waals surface area contributed by atoms with Crippen molar-refractivity contribution in [2.75, 3.05) is 20.3 Å². The summed E-state index contributed by atoms with van der Waals surface area (Å²) in [5, 5.41) is 0.179. The number of carbonyl (C=O) groups excluding carboxylic acids is 1. The predicted octanol–water partition coefficient (Wildman–Crippen LogP) is 2.09. The molecule has 0 aliphatic heterocycles. The highest BCUT2D eigenvalue weighted by molar-refractivity contribution is 7.90. The Hall–Kier alpha value is -2.10. The van der Waals surface area contributed by atoms with Gasteiger partial charge in [-0.05, 0) is 25.1 Å². The first kappa shape index (κ1) is 19.2. The fourth-order valence-electron chi connectivity index (χ4n) is 2.01. The maximum Gasteiger partial charge on any atom is 0.302 e. The summed E-state index contributed by atoms with van der Waals surface area (Å²) in [7, 11) is -2.75. The summed E-state index contributed by atoms with van der Waals surface area (Å²) in [6, 6.07) is 4.08. The van der Waals surface area contributed by atoms with Crippen LogP contribution in [0.3, 0.4) is 0 Å². The van der Waals surface area contributed by atoms with Crippen LogP contribution in [0, 0.1) is 13.8 Å². The van der Waals surface area contributed by atoms with Gasteiger partial charge < -0.3 is 13.9 Å². The maximum atomic E-state index is 12.6. The summed E-state index contributed by atoms with van der Waals surface area (Å²) < 4.78 is 42.5. The van der Waals surface area contributed by atoms with Gasteiger partial charge in [0.15, 0.2) is 5.89 Å². The molecule has 0 aliphatic rings. The van der Waals surface area contributed by atoms with Gasteiger partial charge in [0.25, 0.3) is 10.0 Å². The Balaban J connectivity index is 2.30. The SMILES string of the molecule is COCCOc1ccc(Cl)cc1S(=O)(=O)NC(=O)c1oc(C)nc1C. The first-order valence-corrected chi connectivity index (χ1v) is 9.03. The molecule has 1 heterocycles. The molecule has 0 bridgehead atoms. The molecule has 2 aromatic rings. The third-order valence-electron chi connectivity index (χ3n) is 3.08. The van der Waals surface area contributed by atoms with Gasteiger partial charge in [0.05, 0.1) is 12.3 Å². The van der Waals surface area contributed by atoms with Crippen molar-refractivity contribution in [1.82, 2.24) is 9.71 Å². The lowest BCUT2D eigenvalue weighted by Gasteiger charge is -2.12. The van der Waals surface area contributed by atoms with E-state index in [0.29, 0.717) is 0 Å². The molecule has 0 spiro atoms. The van der Waals surface area contributed by atoms with E-state index in [1.54, 1.807) is 6.92 Å². The van der Waals surface area contributed by atoms with Crippen molar-refractivity contribution in [3.63, 3.8) is 0 Å². The minimum Gasteiger partial charge on any atom is -0.490 e. The minimum atomic E-state index is -4.24. The molecule has 25 heavy (non-hydrogen) atoms. The summed E-state index contributed by atoms with van der Waals surface area (Å²) in [5.74, 6) is -0.801. The van der Waals surface area contributed by atoms with Crippen molar-refractivity contribution in [2.24, 2.45) is 0 Å². The van der Waals surface area contributed by atoms with Crippen molar-refractivity contribution in [3.8, 4) is 5.75 Å². The molecule has 2 rings (SSSR count). The Morgan fingerprint density at radius 3 is 2.64 bits per heavy atom. The van der Waals surface area contributed by atoms with Gasteiger partial charge in [-0.2, -0.15) is 0 Å². The minimum absolute atomic E-state index is 0.0484. The van der Waals surface area contributed by atoms with E-state index < -0.39 is 15.9 Å². The first-order valence-electron chi connectivity index (χ1n) is 7.17. The van der Waals surface area contributed by atoms with Crippen LogP contribution in [0.1, 0.15) is 22.1 Å². The Kier molecular flexibility index (Phi) is 6.04. The van der Waals surface area contributed by atoms with Crippen LogP contribution in [-0.4, -0.2) is 39.6 Å². The molecule has 0 unspecified atom stereocenters. The highest BCUT2D eigenvalue weighted by Crippen LogP contribution is 2.27. The molecular formula is C15H17ClN2O6S. The fraction of sp³-hybridized carbons (Fsp3) is 0.333. The molecule has 1 aromatic carbocycles. The Morgan fingerprint density at radius 1 is 1.32 bits per heavy atom. The van der Waals surface area contributed by atoms with Gasteiger partial charge in [0.2, 0.25) is 5.76 Å². The molecule has 0 saturated heterocycles. The van der Waals surface area contributed by atoms with Crippen LogP contribution < -0.4 is 9.46 Å². The van der Waals surface area contributed by atoms with E-state index in [4.69, 9.17) is 25.5 Å². The van der Waals surface area contributed by atoms with Gasteiger partial charge in [-0.25, -0.2) is 18.1 Å². The molecule has 0 aliphatic carbocycles. The van der Waals surface area contributed by atoms with Crippen molar-refractivity contribution in [1.29, 1.82) is 0 Å². The van der Waals surface area contributed by atoms with Crippen LogP contribution in [-0.2, 0) is 14.8 Å². The van der Waals surface area contributed by atoms with Gasteiger partial charge in [-0.1, -0.05) is 11.6 Å². The van der Waals surface area contributed by atoms with E-state index in [0.717, 1.165) is 0 Å². The van der Waals surface area contributed by atoms with Gasteiger partial charge in [-0.3, -0.25) is 4.79 Å². The fourth-order valence-corrected chi connectivity index (χ4v) is 3.37. The number of aryl methyl sites for hydroxylation is 2. The summed E-state index contributed by atoms with van der Waals surface area (Å²) in [6.07, 6.45) is 0. The number of hydrogen-bond acceptors (Lipinski definition) is 7. The molecule has 1 amide bonds. The summed E-state index contributed by atoms with van der Waals surface area (Å²) >= 11 is 5.88. The lowest BCUT2D eigenvalue weighted by molar-refractivity contribution is 0.0952. The lowest BCUT2D eigenvalue weighted by atomic mass is 10.3. The third kappa shape index (κ3) is 4.71. The molecule has 0 radical (unpaired) electrons. The zero-order chi connectivity index (χ0) is 18.6. The molecule has 1 aromatic heterocycles. The van der Waals surface area contributed by atoms with E-state index >= 15 is 0 Å². The van der Waals surface area contributed by atoms with Crippen LogP contribution in [0.2, 0.25) is 5.02 Å². The van der Waals surface area contributed by atoms with E-state index in [1.807, 2.05) is 4.72 Å². The number of benzene rings is 1. The molecule has 10 heteroatoms. The standard InChI is InChI=1S/C15H17ClN2O6S/c1-9-14(24-10(2)17-9)15(19)18-25(20,21)13-8-11(16)4-5-12(13)23-7-6-22-3/h4-5,8H,6-7H2,1-3H3,(H,18,19). The third-order valence-corrected chi connectivity index (χ3v) is 4.66. The number of ether oxygens (including phenoxy) is 2. The van der Waals surface area contributed by atoms with Crippen LogP contribution in [0.4, 0.5) is 0 Å². The largest absolute Gasteiger partial charge is 0.490 e. The quantitative estimate of drug-likeness (QED) is 0.723. The number of oxazole rings is 1. The normalized spacial score (nSPS) is 11.4. The second-order valence-corrected chi connectivity index (χ2v) is 7.10. The van der Waals surface area contributed by atoms with Crippen LogP contribution in [0.15, 0.2) is 27.5 Å². The highest BCUT2D eigenvalue weighted by Gasteiger charge is 2.26. The van der Waals surface area contributed by atoms with Crippen LogP contribution >= 0.6 is 11.6 Å². The van der Waals surface area contributed by atoms with E-state index in [2.05, 4.69) is 4.98 Å². The van der Waals surface area contributed by atoms with Gasteiger partial charge >= 0.3 is 5.91 Å². The van der Waals surface area contributed by atoms with E-state index in [1.165, 1.54) is 32.2 Å². The van der Waals surface area contributed by atoms with Crippen molar-refractivity contribution < 1.29 is 27.1 Å². The number of amides is 1. The van der Waals surface area contributed by atoms with E-state index in [-0.39, 0.29) is 46.2 Å². The Morgan fingerprint density at radius 2 is 2.04 bits per heavy atom. The molecular weight excluding hydrogens is 372 g/mol. The number of rotatable bonds is 7. The second-order valence-electron chi connectivity index (χ2n) is 5.01. The Bertz CT molecular complexity index is 878. The number of nitrogens with zero attached hydrogens (tertiary/aromatic N) is 1. The maximum absolute atomic E-state index is 12.6. The molecule has 0 fully saturated rings. The summed E-state index contributed by atoms with van der Waals surface area (Å²) in [6.45, 7) is 3.49. The predicted molar refractivity (Wildman–Crippen MR) is 89.5 cm³/mol.